The molecule has 18 heavy (non-hydrogen) atoms. The molecule has 1 fully saturated rings. The van der Waals surface area contributed by atoms with E-state index in [0.29, 0.717) is 13.0 Å². The topological polar surface area (TPSA) is 75.6 Å². The number of hydrogen-bond donors (Lipinski definition) is 2. The SMILES string of the molecule is Cc1ccc(S(=O)(=O)OC2CNC(CO)C2)cc1. The molecule has 1 saturated heterocycles. The van der Waals surface area contributed by atoms with Gasteiger partial charge in [-0.3, -0.25) is 4.18 Å². The lowest BCUT2D eigenvalue weighted by molar-refractivity contribution is 0.212. The summed E-state index contributed by atoms with van der Waals surface area (Å²) in [5.74, 6) is 0. The van der Waals surface area contributed by atoms with Crippen molar-refractivity contribution in [1.29, 1.82) is 0 Å². The van der Waals surface area contributed by atoms with Crippen molar-refractivity contribution in [3.8, 4) is 0 Å². The van der Waals surface area contributed by atoms with Crippen LogP contribution in [0.25, 0.3) is 0 Å². The monoisotopic (exact) mass is 271 g/mol. The molecule has 0 spiro atoms. The van der Waals surface area contributed by atoms with Crippen LogP contribution in [0.1, 0.15) is 12.0 Å². The first-order chi connectivity index (χ1) is 8.51. The Morgan fingerprint density at radius 3 is 2.61 bits per heavy atom. The van der Waals surface area contributed by atoms with E-state index in [2.05, 4.69) is 5.32 Å². The lowest BCUT2D eigenvalue weighted by Crippen LogP contribution is -2.25. The highest BCUT2D eigenvalue weighted by molar-refractivity contribution is 7.86. The number of rotatable bonds is 4. The molecule has 1 heterocycles. The van der Waals surface area contributed by atoms with E-state index < -0.39 is 16.2 Å². The predicted molar refractivity (Wildman–Crippen MR) is 66.7 cm³/mol. The van der Waals surface area contributed by atoms with E-state index in [1.165, 1.54) is 12.1 Å². The number of hydrogen-bond acceptors (Lipinski definition) is 5. The van der Waals surface area contributed by atoms with Gasteiger partial charge < -0.3 is 10.4 Å². The van der Waals surface area contributed by atoms with Crippen LogP contribution in [0.3, 0.4) is 0 Å². The average molecular weight is 271 g/mol. The first kappa shape index (κ1) is 13.5. The molecular weight excluding hydrogens is 254 g/mol. The molecule has 2 unspecified atom stereocenters. The molecule has 0 aliphatic carbocycles. The summed E-state index contributed by atoms with van der Waals surface area (Å²) in [4.78, 5) is 0.167. The molecule has 0 aromatic heterocycles. The number of nitrogens with one attached hydrogen (secondary N) is 1. The minimum Gasteiger partial charge on any atom is -0.395 e. The molecule has 0 saturated carbocycles. The summed E-state index contributed by atoms with van der Waals surface area (Å²) in [6.45, 7) is 2.32. The summed E-state index contributed by atoms with van der Waals surface area (Å²) in [6.07, 6.45) is 0.0927. The van der Waals surface area contributed by atoms with Gasteiger partial charge in [0.2, 0.25) is 0 Å². The first-order valence-electron chi connectivity index (χ1n) is 5.85. The van der Waals surface area contributed by atoms with E-state index in [4.69, 9.17) is 9.29 Å². The Morgan fingerprint density at radius 1 is 1.39 bits per heavy atom. The molecule has 2 atom stereocenters. The second kappa shape index (κ2) is 5.36. The van der Waals surface area contributed by atoms with Gasteiger partial charge >= 0.3 is 0 Å². The summed E-state index contributed by atoms with van der Waals surface area (Å²) in [7, 11) is -3.71. The minimum atomic E-state index is -3.71. The molecule has 1 aromatic carbocycles. The van der Waals surface area contributed by atoms with E-state index >= 15 is 0 Å². The van der Waals surface area contributed by atoms with Crippen LogP contribution in [0.4, 0.5) is 0 Å². The molecule has 1 aliphatic heterocycles. The van der Waals surface area contributed by atoms with Gasteiger partial charge in [-0.15, -0.1) is 0 Å². The number of aliphatic hydroxyl groups excluding tert-OH is 1. The van der Waals surface area contributed by atoms with Crippen LogP contribution < -0.4 is 5.32 Å². The standard InChI is InChI=1S/C12H17NO4S/c1-9-2-4-12(5-3-9)18(15,16)17-11-6-10(8-14)13-7-11/h2-5,10-11,13-14H,6-8H2,1H3. The largest absolute Gasteiger partial charge is 0.395 e. The van der Waals surface area contributed by atoms with Crippen LogP contribution in [-0.2, 0) is 14.3 Å². The molecule has 100 valence electrons. The Morgan fingerprint density at radius 2 is 2.06 bits per heavy atom. The zero-order chi connectivity index (χ0) is 13.2. The molecule has 6 heteroatoms. The number of benzene rings is 1. The van der Waals surface area contributed by atoms with Crippen molar-refractivity contribution in [3.05, 3.63) is 29.8 Å². The van der Waals surface area contributed by atoms with Gasteiger partial charge in [-0.2, -0.15) is 8.42 Å². The number of aliphatic hydroxyl groups is 1. The second-order valence-corrected chi connectivity index (χ2v) is 6.08. The van der Waals surface area contributed by atoms with Crippen molar-refractivity contribution in [2.75, 3.05) is 13.2 Å². The van der Waals surface area contributed by atoms with Crippen LogP contribution in [-0.4, -0.2) is 38.8 Å². The van der Waals surface area contributed by atoms with Crippen LogP contribution in [0.15, 0.2) is 29.2 Å². The van der Waals surface area contributed by atoms with E-state index in [1.54, 1.807) is 12.1 Å². The fourth-order valence-corrected chi connectivity index (χ4v) is 3.02. The third kappa shape index (κ3) is 3.08. The van der Waals surface area contributed by atoms with E-state index in [9.17, 15) is 8.42 Å². The summed E-state index contributed by atoms with van der Waals surface area (Å²) in [5.41, 5.74) is 0.997. The van der Waals surface area contributed by atoms with Crippen LogP contribution in [0.2, 0.25) is 0 Å². The van der Waals surface area contributed by atoms with Gasteiger partial charge in [0.1, 0.15) is 0 Å². The Labute approximate surface area is 107 Å². The van der Waals surface area contributed by atoms with Gasteiger partial charge in [0.25, 0.3) is 10.1 Å². The third-order valence-corrected chi connectivity index (χ3v) is 4.35. The van der Waals surface area contributed by atoms with Crippen molar-refractivity contribution in [3.63, 3.8) is 0 Å². The summed E-state index contributed by atoms with van der Waals surface area (Å²) >= 11 is 0. The van der Waals surface area contributed by atoms with E-state index in [1.807, 2.05) is 6.92 Å². The second-order valence-electron chi connectivity index (χ2n) is 4.51. The van der Waals surface area contributed by atoms with Gasteiger partial charge in [0.15, 0.2) is 0 Å². The van der Waals surface area contributed by atoms with Crippen LogP contribution in [0, 0.1) is 6.92 Å². The van der Waals surface area contributed by atoms with Crippen molar-refractivity contribution >= 4 is 10.1 Å². The highest BCUT2D eigenvalue weighted by Gasteiger charge is 2.29. The Hall–Kier alpha value is -0.950. The minimum absolute atomic E-state index is 0.00948. The maximum absolute atomic E-state index is 12.0. The van der Waals surface area contributed by atoms with Crippen LogP contribution >= 0.6 is 0 Å². The molecule has 0 radical (unpaired) electrons. The fourth-order valence-electron chi connectivity index (χ4n) is 1.93. The maximum atomic E-state index is 12.0. The highest BCUT2D eigenvalue weighted by atomic mass is 32.2. The molecule has 0 bridgehead atoms. The highest BCUT2D eigenvalue weighted by Crippen LogP contribution is 2.19. The summed E-state index contributed by atoms with van der Waals surface area (Å²) in [5, 5.41) is 12.0. The average Bonchev–Trinajstić information content (AvgIpc) is 2.76. The van der Waals surface area contributed by atoms with E-state index in [0.717, 1.165) is 5.56 Å². The van der Waals surface area contributed by atoms with Gasteiger partial charge in [-0.25, -0.2) is 0 Å². The molecule has 1 aromatic rings. The first-order valence-corrected chi connectivity index (χ1v) is 7.26. The lowest BCUT2D eigenvalue weighted by Gasteiger charge is -2.11. The van der Waals surface area contributed by atoms with Gasteiger partial charge in [0, 0.05) is 12.6 Å². The Bertz CT molecular complexity index is 497. The molecule has 5 nitrogen and oxygen atoms in total. The van der Waals surface area contributed by atoms with Gasteiger partial charge in [0.05, 0.1) is 17.6 Å². The van der Waals surface area contributed by atoms with Gasteiger partial charge in [-0.1, -0.05) is 17.7 Å². The molecular formula is C12H17NO4S. The van der Waals surface area contributed by atoms with Crippen molar-refractivity contribution in [1.82, 2.24) is 5.32 Å². The molecule has 0 amide bonds. The van der Waals surface area contributed by atoms with Crippen LogP contribution in [0.5, 0.6) is 0 Å². The predicted octanol–water partition coefficient (Wildman–Crippen LogP) is 0.423. The van der Waals surface area contributed by atoms with Crippen molar-refractivity contribution in [2.24, 2.45) is 0 Å². The normalized spacial score (nSPS) is 24.3. The molecule has 2 rings (SSSR count). The van der Waals surface area contributed by atoms with Crippen molar-refractivity contribution in [2.45, 2.75) is 30.4 Å². The van der Waals surface area contributed by atoms with Crippen molar-refractivity contribution < 1.29 is 17.7 Å². The molecule has 1 aliphatic rings. The maximum Gasteiger partial charge on any atom is 0.297 e. The van der Waals surface area contributed by atoms with Gasteiger partial charge in [-0.05, 0) is 25.5 Å². The Kier molecular flexibility index (Phi) is 4.01. The summed E-state index contributed by atoms with van der Waals surface area (Å²) in [6, 6.07) is 6.47. The Balaban J connectivity index is 2.06. The molecule has 2 N–H and O–H groups in total. The fraction of sp³-hybridized carbons (Fsp3) is 0.500. The zero-order valence-electron chi connectivity index (χ0n) is 10.2. The lowest BCUT2D eigenvalue weighted by atomic mass is 10.2. The number of aryl methyl sites for hydroxylation is 1. The summed E-state index contributed by atoms with van der Waals surface area (Å²) < 4.78 is 29.1. The quantitative estimate of drug-likeness (QED) is 0.776. The third-order valence-electron chi connectivity index (χ3n) is 2.97. The van der Waals surface area contributed by atoms with E-state index in [-0.39, 0.29) is 17.5 Å². The zero-order valence-corrected chi connectivity index (χ0v) is 11.0. The smallest absolute Gasteiger partial charge is 0.297 e.